The monoisotopic (exact) mass is 227 g/mol. The van der Waals surface area contributed by atoms with Crippen LogP contribution in [0.2, 0.25) is 0 Å². The molecule has 1 aliphatic heterocycles. The van der Waals surface area contributed by atoms with Gasteiger partial charge in [-0.3, -0.25) is 0 Å². The number of rotatable bonds is 4. The Labute approximate surface area is 105 Å². The van der Waals surface area contributed by atoms with Crippen LogP contribution in [-0.4, -0.2) is 34.4 Å². The van der Waals surface area contributed by atoms with Crippen molar-refractivity contribution in [2.24, 2.45) is 0 Å². The lowest BCUT2D eigenvalue weighted by Gasteiger charge is -2.18. The van der Waals surface area contributed by atoms with E-state index in [9.17, 15) is 0 Å². The van der Waals surface area contributed by atoms with E-state index in [0.717, 1.165) is 12.8 Å². The second-order valence-electron chi connectivity index (χ2n) is 4.30. The van der Waals surface area contributed by atoms with Crippen molar-refractivity contribution in [2.75, 3.05) is 7.05 Å². The van der Waals surface area contributed by atoms with Gasteiger partial charge >= 0.3 is 0 Å². The molecule has 1 aromatic rings. The number of hydrogen-bond donors (Lipinski definition) is 1. The average molecular weight is 227 g/mol. The van der Waals surface area contributed by atoms with Gasteiger partial charge in [0.25, 0.3) is 0 Å². The molecule has 1 heterocycles. The van der Waals surface area contributed by atoms with Gasteiger partial charge in [0.1, 0.15) is 0 Å². The molecule has 0 spiro atoms. The van der Waals surface area contributed by atoms with Crippen LogP contribution in [0.15, 0.2) is 18.2 Å². The highest BCUT2D eigenvalue weighted by Gasteiger charge is 2.30. The molecule has 1 N–H and O–H groups in total. The number of hydrogen-bond acceptors (Lipinski definition) is 3. The maximum Gasteiger partial charge on any atom is 0.175 e. The highest BCUT2D eigenvalue weighted by molar-refractivity contribution is 6.38. The summed E-state index contributed by atoms with van der Waals surface area (Å²) in [5.74, 6) is 1.20. The van der Waals surface area contributed by atoms with Gasteiger partial charge < -0.3 is 14.8 Å². The first kappa shape index (κ1) is 12.4. The van der Waals surface area contributed by atoms with E-state index in [2.05, 4.69) is 12.2 Å². The number of benzene rings is 1. The van der Waals surface area contributed by atoms with Gasteiger partial charge in [0, 0.05) is 6.04 Å². The van der Waals surface area contributed by atoms with Crippen LogP contribution in [0.5, 0.6) is 11.5 Å². The average Bonchev–Trinajstić information content (AvgIpc) is 2.58. The van der Waals surface area contributed by atoms with Gasteiger partial charge in [-0.05, 0) is 37.6 Å². The Kier molecular flexibility index (Phi) is 3.38. The fraction of sp³-hybridized carbons (Fsp3) is 0.500. The zero-order valence-corrected chi connectivity index (χ0v) is 10.2. The van der Waals surface area contributed by atoms with E-state index in [0.29, 0.717) is 17.5 Å². The highest BCUT2D eigenvalue weighted by atomic mass is 16.7. The molecule has 17 heavy (non-hydrogen) atoms. The first-order valence-electron chi connectivity index (χ1n) is 5.80. The Balaban J connectivity index is 2.13. The second-order valence-corrected chi connectivity index (χ2v) is 4.30. The van der Waals surface area contributed by atoms with E-state index in [4.69, 9.17) is 25.2 Å². The molecule has 0 saturated carbocycles. The minimum Gasteiger partial charge on any atom is -0.468 e. The molecule has 0 aliphatic carbocycles. The quantitative estimate of drug-likeness (QED) is 0.776. The Morgan fingerprint density at radius 3 is 2.65 bits per heavy atom. The summed E-state index contributed by atoms with van der Waals surface area (Å²) in [6, 6.07) is 6.23. The summed E-state index contributed by atoms with van der Waals surface area (Å²) in [6.45, 7) is 2.15. The summed E-state index contributed by atoms with van der Waals surface area (Å²) < 4.78 is 10.5. The van der Waals surface area contributed by atoms with Crippen molar-refractivity contribution in [1.29, 1.82) is 0 Å². The molecule has 1 aromatic carbocycles. The Morgan fingerprint density at radius 2 is 2.00 bits per heavy atom. The largest absolute Gasteiger partial charge is 0.468 e. The van der Waals surface area contributed by atoms with Crippen LogP contribution in [0.4, 0.5) is 0 Å². The maximum absolute atomic E-state index is 5.55. The summed E-state index contributed by atoms with van der Waals surface area (Å²) in [7, 11) is 13.1. The van der Waals surface area contributed by atoms with Gasteiger partial charge in [-0.15, -0.1) is 0 Å². The van der Waals surface area contributed by atoms with Crippen molar-refractivity contribution in [3.63, 3.8) is 0 Å². The Morgan fingerprint density at radius 1 is 1.29 bits per heavy atom. The minimum atomic E-state index is -1.53. The summed E-state index contributed by atoms with van der Waals surface area (Å²) in [5, 5.41) is 3.26. The van der Waals surface area contributed by atoms with Crippen molar-refractivity contribution in [2.45, 2.75) is 31.4 Å². The van der Waals surface area contributed by atoms with Crippen molar-refractivity contribution in [3.8, 4) is 11.5 Å². The third kappa shape index (κ3) is 2.78. The smallest absolute Gasteiger partial charge is 0.175 e. The lowest BCUT2D eigenvalue weighted by atomic mass is 9.76. The van der Waals surface area contributed by atoms with Gasteiger partial charge in [0.2, 0.25) is 0 Å². The molecule has 0 aromatic heterocycles. The molecule has 4 radical (unpaired) electrons. The third-order valence-electron chi connectivity index (χ3n) is 2.93. The molecule has 0 saturated heterocycles. The van der Waals surface area contributed by atoms with E-state index < -0.39 is 5.59 Å². The molecule has 1 unspecified atom stereocenters. The van der Waals surface area contributed by atoms with Crippen LogP contribution < -0.4 is 14.8 Å². The lowest BCUT2D eigenvalue weighted by Crippen LogP contribution is -2.39. The molecular weight excluding hydrogens is 212 g/mol. The zero-order chi connectivity index (χ0) is 12.5. The zero-order valence-electron chi connectivity index (χ0n) is 10.2. The summed E-state index contributed by atoms with van der Waals surface area (Å²) in [6.07, 6.45) is 2.01. The Hall–Kier alpha value is -1.09. The number of likely N-dealkylation sites (N-methyl/N-ethyl adjacent to an activating group) is 1. The van der Waals surface area contributed by atoms with E-state index in [-0.39, 0.29) is 0 Å². The fourth-order valence-electron chi connectivity index (χ4n) is 1.94. The van der Waals surface area contributed by atoms with E-state index in [1.165, 1.54) is 5.56 Å². The normalized spacial score (nSPS) is 18.0. The number of ether oxygens (including phenoxy) is 2. The topological polar surface area (TPSA) is 30.5 Å². The van der Waals surface area contributed by atoms with Gasteiger partial charge in [0.15, 0.2) is 32.8 Å². The van der Waals surface area contributed by atoms with Gasteiger partial charge in [0.05, 0.1) is 0 Å². The lowest BCUT2D eigenvalue weighted by molar-refractivity contribution is 0.0833. The highest BCUT2D eigenvalue weighted by Crippen LogP contribution is 2.37. The molecule has 1 atom stereocenters. The van der Waals surface area contributed by atoms with Crippen LogP contribution in [0.3, 0.4) is 0 Å². The molecule has 2 rings (SSSR count). The number of nitrogens with one attached hydrogen (secondary N) is 1. The second kappa shape index (κ2) is 4.65. The van der Waals surface area contributed by atoms with Crippen LogP contribution in [0, 0.1) is 0 Å². The van der Waals surface area contributed by atoms with Gasteiger partial charge in [-0.1, -0.05) is 13.0 Å². The molecule has 0 amide bonds. The molecular formula is C12H15B2NO2. The molecule has 86 valence electrons. The molecule has 0 bridgehead atoms. The van der Waals surface area contributed by atoms with Crippen molar-refractivity contribution < 1.29 is 9.47 Å². The Bertz CT molecular complexity index is 405. The summed E-state index contributed by atoms with van der Waals surface area (Å²) in [4.78, 5) is 0. The van der Waals surface area contributed by atoms with Crippen LogP contribution >= 0.6 is 0 Å². The van der Waals surface area contributed by atoms with E-state index in [1.807, 2.05) is 25.2 Å². The first-order valence-corrected chi connectivity index (χ1v) is 5.80. The van der Waals surface area contributed by atoms with E-state index in [1.54, 1.807) is 0 Å². The standard InChI is InChI=1S/C12H15B2NO2/c1-3-9(15-2)6-8-4-5-10-11(7-8)17-12(13,14)16-10/h4-5,7,9,15H,3,6H2,1-2H3. The van der Waals surface area contributed by atoms with Crippen LogP contribution in [0.25, 0.3) is 0 Å². The molecule has 0 fully saturated rings. The molecule has 5 heteroatoms. The van der Waals surface area contributed by atoms with Crippen LogP contribution in [0.1, 0.15) is 18.9 Å². The first-order chi connectivity index (χ1) is 8.04. The van der Waals surface area contributed by atoms with Crippen molar-refractivity contribution in [1.82, 2.24) is 5.32 Å². The number of fused-ring (bicyclic) bond motifs is 1. The molecule has 3 nitrogen and oxygen atoms in total. The van der Waals surface area contributed by atoms with Gasteiger partial charge in [-0.25, -0.2) is 0 Å². The minimum absolute atomic E-state index is 0.455. The van der Waals surface area contributed by atoms with Gasteiger partial charge in [-0.2, -0.15) is 0 Å². The predicted octanol–water partition coefficient (Wildman–Crippen LogP) is 0.947. The third-order valence-corrected chi connectivity index (χ3v) is 2.93. The SMILES string of the molecule is [B]C1([B])Oc2ccc(CC(CC)NC)cc2O1. The summed E-state index contributed by atoms with van der Waals surface area (Å²) in [5.41, 5.74) is -0.361. The maximum atomic E-state index is 5.55. The molecule has 1 aliphatic rings. The van der Waals surface area contributed by atoms with Crippen LogP contribution in [-0.2, 0) is 6.42 Å². The fourth-order valence-corrected chi connectivity index (χ4v) is 1.94. The summed E-state index contributed by atoms with van der Waals surface area (Å²) >= 11 is 0. The van der Waals surface area contributed by atoms with Crippen molar-refractivity contribution >= 4 is 15.7 Å². The van der Waals surface area contributed by atoms with E-state index >= 15 is 0 Å². The predicted molar refractivity (Wildman–Crippen MR) is 68.8 cm³/mol. The van der Waals surface area contributed by atoms with Crippen molar-refractivity contribution in [3.05, 3.63) is 23.8 Å².